The lowest BCUT2D eigenvalue weighted by Gasteiger charge is -2.18. The Bertz CT molecular complexity index is 583. The van der Waals surface area contributed by atoms with Gasteiger partial charge in [0.1, 0.15) is 5.82 Å². The summed E-state index contributed by atoms with van der Waals surface area (Å²) in [6.45, 7) is 4.21. The van der Waals surface area contributed by atoms with Crippen molar-refractivity contribution in [3.63, 3.8) is 0 Å². The first-order valence-corrected chi connectivity index (χ1v) is 7.67. The molecule has 0 amide bonds. The zero-order valence-corrected chi connectivity index (χ0v) is 13.4. The van der Waals surface area contributed by atoms with Crippen molar-refractivity contribution in [2.75, 3.05) is 5.32 Å². The smallest absolute Gasteiger partial charge is 0.126 e. The van der Waals surface area contributed by atoms with Crippen LogP contribution in [-0.4, -0.2) is 6.04 Å². The number of benzene rings is 2. The predicted octanol–water partition coefficient (Wildman–Crippen LogP) is 5.19. The summed E-state index contributed by atoms with van der Waals surface area (Å²) in [6, 6.07) is 13.4. The molecule has 2 aromatic carbocycles. The number of nitrogens with one attached hydrogen (secondary N) is 1. The summed E-state index contributed by atoms with van der Waals surface area (Å²) >= 11 is 3.49. The van der Waals surface area contributed by atoms with Crippen LogP contribution >= 0.6 is 15.9 Å². The molecule has 0 spiro atoms. The summed E-state index contributed by atoms with van der Waals surface area (Å²) in [5.41, 5.74) is 3.14. The van der Waals surface area contributed by atoms with Gasteiger partial charge in [-0.2, -0.15) is 0 Å². The van der Waals surface area contributed by atoms with Crippen LogP contribution in [0.2, 0.25) is 0 Å². The number of halogens is 2. The largest absolute Gasteiger partial charge is 0.382 e. The molecule has 0 aliphatic carbocycles. The number of hydrogen-bond acceptors (Lipinski definition) is 1. The van der Waals surface area contributed by atoms with E-state index in [0.717, 1.165) is 22.1 Å². The molecule has 1 atom stereocenters. The van der Waals surface area contributed by atoms with E-state index in [9.17, 15) is 4.39 Å². The van der Waals surface area contributed by atoms with E-state index in [0.29, 0.717) is 6.42 Å². The highest BCUT2D eigenvalue weighted by Gasteiger charge is 2.09. The third-order valence-electron chi connectivity index (χ3n) is 3.33. The SMILES string of the molecule is CCc1cc(Br)ccc1NC(C)Cc1ccccc1F. The summed E-state index contributed by atoms with van der Waals surface area (Å²) in [4.78, 5) is 0. The van der Waals surface area contributed by atoms with E-state index in [1.807, 2.05) is 18.2 Å². The molecule has 0 heterocycles. The summed E-state index contributed by atoms with van der Waals surface area (Å²) in [6.07, 6.45) is 1.64. The van der Waals surface area contributed by atoms with E-state index in [1.54, 1.807) is 6.07 Å². The van der Waals surface area contributed by atoms with E-state index < -0.39 is 0 Å². The molecule has 0 fully saturated rings. The third-order valence-corrected chi connectivity index (χ3v) is 3.83. The zero-order chi connectivity index (χ0) is 14.5. The Morgan fingerprint density at radius 3 is 2.60 bits per heavy atom. The third kappa shape index (κ3) is 3.83. The second kappa shape index (κ2) is 6.89. The van der Waals surface area contributed by atoms with Crippen LogP contribution in [0.1, 0.15) is 25.0 Å². The maximum Gasteiger partial charge on any atom is 0.126 e. The maximum atomic E-state index is 13.7. The van der Waals surface area contributed by atoms with Crippen molar-refractivity contribution in [3.05, 3.63) is 63.9 Å². The lowest BCUT2D eigenvalue weighted by atomic mass is 10.0. The Balaban J connectivity index is 2.08. The van der Waals surface area contributed by atoms with Crippen LogP contribution in [0.5, 0.6) is 0 Å². The molecule has 0 aromatic heterocycles. The summed E-state index contributed by atoms with van der Waals surface area (Å²) in [5.74, 6) is -0.132. The Morgan fingerprint density at radius 1 is 1.15 bits per heavy atom. The van der Waals surface area contributed by atoms with Crippen molar-refractivity contribution < 1.29 is 4.39 Å². The van der Waals surface area contributed by atoms with Gasteiger partial charge in [0, 0.05) is 16.2 Å². The van der Waals surface area contributed by atoms with Crippen LogP contribution in [0, 0.1) is 5.82 Å². The molecule has 2 rings (SSSR count). The molecule has 106 valence electrons. The number of rotatable bonds is 5. The topological polar surface area (TPSA) is 12.0 Å². The standard InChI is InChI=1S/C17H19BrFN/c1-3-13-11-15(18)8-9-17(13)20-12(2)10-14-6-4-5-7-16(14)19/h4-9,11-12,20H,3,10H2,1-2H3. The number of hydrogen-bond donors (Lipinski definition) is 1. The van der Waals surface area contributed by atoms with Crippen LogP contribution < -0.4 is 5.32 Å². The van der Waals surface area contributed by atoms with Crippen molar-refractivity contribution in [3.8, 4) is 0 Å². The van der Waals surface area contributed by atoms with Gasteiger partial charge in [-0.05, 0) is 55.2 Å². The van der Waals surface area contributed by atoms with Crippen molar-refractivity contribution in [2.24, 2.45) is 0 Å². The minimum absolute atomic E-state index is 0.132. The highest BCUT2D eigenvalue weighted by molar-refractivity contribution is 9.10. The highest BCUT2D eigenvalue weighted by Crippen LogP contribution is 2.23. The van der Waals surface area contributed by atoms with Crippen LogP contribution in [0.15, 0.2) is 46.9 Å². The van der Waals surface area contributed by atoms with E-state index in [4.69, 9.17) is 0 Å². The zero-order valence-electron chi connectivity index (χ0n) is 11.8. The van der Waals surface area contributed by atoms with Crippen LogP contribution in [0.25, 0.3) is 0 Å². The van der Waals surface area contributed by atoms with Gasteiger partial charge >= 0.3 is 0 Å². The van der Waals surface area contributed by atoms with Gasteiger partial charge in [-0.1, -0.05) is 41.1 Å². The normalized spacial score (nSPS) is 12.2. The fourth-order valence-corrected chi connectivity index (χ4v) is 2.71. The van der Waals surface area contributed by atoms with Gasteiger partial charge in [0.15, 0.2) is 0 Å². The summed E-state index contributed by atoms with van der Waals surface area (Å²) in [7, 11) is 0. The van der Waals surface area contributed by atoms with Gasteiger partial charge in [0.25, 0.3) is 0 Å². The monoisotopic (exact) mass is 335 g/mol. The van der Waals surface area contributed by atoms with Crippen molar-refractivity contribution in [2.45, 2.75) is 32.7 Å². The predicted molar refractivity (Wildman–Crippen MR) is 86.7 cm³/mol. The number of anilines is 1. The molecule has 1 N–H and O–H groups in total. The minimum atomic E-state index is -0.132. The molecule has 20 heavy (non-hydrogen) atoms. The van der Waals surface area contributed by atoms with E-state index in [-0.39, 0.29) is 11.9 Å². The Morgan fingerprint density at radius 2 is 1.90 bits per heavy atom. The van der Waals surface area contributed by atoms with Gasteiger partial charge < -0.3 is 5.32 Å². The molecule has 0 aliphatic rings. The molecule has 0 radical (unpaired) electrons. The summed E-state index contributed by atoms with van der Waals surface area (Å²) in [5, 5.41) is 3.48. The Hall–Kier alpha value is -1.35. The second-order valence-corrected chi connectivity index (χ2v) is 5.91. The minimum Gasteiger partial charge on any atom is -0.382 e. The Kier molecular flexibility index (Phi) is 5.18. The molecule has 1 nitrogen and oxygen atoms in total. The van der Waals surface area contributed by atoms with Crippen molar-refractivity contribution >= 4 is 21.6 Å². The van der Waals surface area contributed by atoms with Gasteiger partial charge in [0.2, 0.25) is 0 Å². The molecule has 0 aliphatic heterocycles. The molecule has 2 aromatic rings. The van der Waals surface area contributed by atoms with E-state index in [1.165, 1.54) is 11.6 Å². The van der Waals surface area contributed by atoms with E-state index >= 15 is 0 Å². The molecular formula is C17H19BrFN. The van der Waals surface area contributed by atoms with Gasteiger partial charge in [-0.15, -0.1) is 0 Å². The first kappa shape index (κ1) is 15.0. The van der Waals surface area contributed by atoms with Crippen molar-refractivity contribution in [1.82, 2.24) is 0 Å². The first-order valence-electron chi connectivity index (χ1n) is 6.88. The van der Waals surface area contributed by atoms with Crippen LogP contribution in [-0.2, 0) is 12.8 Å². The quantitative estimate of drug-likeness (QED) is 0.792. The van der Waals surface area contributed by atoms with E-state index in [2.05, 4.69) is 47.2 Å². The summed E-state index contributed by atoms with van der Waals surface area (Å²) < 4.78 is 14.7. The second-order valence-electron chi connectivity index (χ2n) is 5.00. The fourth-order valence-electron chi connectivity index (χ4n) is 2.31. The average molecular weight is 336 g/mol. The van der Waals surface area contributed by atoms with Crippen LogP contribution in [0.3, 0.4) is 0 Å². The molecule has 3 heteroatoms. The Labute approximate surface area is 128 Å². The molecule has 0 saturated heterocycles. The molecule has 1 unspecified atom stereocenters. The molecular weight excluding hydrogens is 317 g/mol. The maximum absolute atomic E-state index is 13.7. The average Bonchev–Trinajstić information content (AvgIpc) is 2.43. The van der Waals surface area contributed by atoms with Gasteiger partial charge in [-0.25, -0.2) is 4.39 Å². The molecule has 0 bridgehead atoms. The highest BCUT2D eigenvalue weighted by atomic mass is 79.9. The lowest BCUT2D eigenvalue weighted by Crippen LogP contribution is -2.19. The van der Waals surface area contributed by atoms with Gasteiger partial charge in [-0.3, -0.25) is 0 Å². The van der Waals surface area contributed by atoms with Crippen LogP contribution in [0.4, 0.5) is 10.1 Å². The molecule has 0 saturated carbocycles. The number of aryl methyl sites for hydroxylation is 1. The van der Waals surface area contributed by atoms with Crippen molar-refractivity contribution in [1.29, 1.82) is 0 Å². The fraction of sp³-hybridized carbons (Fsp3) is 0.294. The van der Waals surface area contributed by atoms with Gasteiger partial charge in [0.05, 0.1) is 0 Å². The first-order chi connectivity index (χ1) is 9.60. The lowest BCUT2D eigenvalue weighted by molar-refractivity contribution is 0.601.